The molecule has 0 bridgehead atoms. The molecule has 0 atom stereocenters. The van der Waals surface area contributed by atoms with Crippen LogP contribution in [0.5, 0.6) is 0 Å². The summed E-state index contributed by atoms with van der Waals surface area (Å²) in [6, 6.07) is 5.70. The first-order valence-corrected chi connectivity index (χ1v) is 5.80. The van der Waals surface area contributed by atoms with Crippen LogP contribution in [0.2, 0.25) is 0 Å². The number of hydrogen-bond acceptors (Lipinski definition) is 5. The van der Waals surface area contributed by atoms with Gasteiger partial charge in [-0.1, -0.05) is 0 Å². The van der Waals surface area contributed by atoms with Crippen molar-refractivity contribution in [3.63, 3.8) is 0 Å². The summed E-state index contributed by atoms with van der Waals surface area (Å²) >= 11 is 0. The van der Waals surface area contributed by atoms with E-state index in [4.69, 9.17) is 4.42 Å². The molecule has 102 valence electrons. The van der Waals surface area contributed by atoms with Gasteiger partial charge in [-0.05, 0) is 24.3 Å². The monoisotopic (exact) mass is 275 g/mol. The van der Waals surface area contributed by atoms with Crippen LogP contribution < -0.4 is 5.69 Å². The van der Waals surface area contributed by atoms with Crippen molar-refractivity contribution in [1.82, 2.24) is 24.5 Å². The van der Waals surface area contributed by atoms with Crippen molar-refractivity contribution >= 4 is 0 Å². The molecule has 3 aromatic rings. The van der Waals surface area contributed by atoms with Gasteiger partial charge in [0.2, 0.25) is 11.8 Å². The summed E-state index contributed by atoms with van der Waals surface area (Å²) in [5.74, 6) is 0.183. The van der Waals surface area contributed by atoms with Crippen LogP contribution in [-0.4, -0.2) is 24.5 Å². The van der Waals surface area contributed by atoms with Gasteiger partial charge in [0.05, 0.1) is 0 Å². The average molecular weight is 275 g/mol. The van der Waals surface area contributed by atoms with Crippen LogP contribution in [0.3, 0.4) is 0 Å². The highest BCUT2D eigenvalue weighted by molar-refractivity contribution is 5.51. The number of nitrogens with zero attached hydrogens (tertiary/aromatic N) is 5. The molecule has 2 aromatic heterocycles. The van der Waals surface area contributed by atoms with Gasteiger partial charge < -0.3 is 4.42 Å². The topological polar surface area (TPSA) is 78.7 Å². The summed E-state index contributed by atoms with van der Waals surface area (Å²) < 4.78 is 20.8. The SMILES string of the molecule is Cn1cnn(Cc2nnc(-c3ccc(F)cc3)o2)c1=O. The van der Waals surface area contributed by atoms with Gasteiger partial charge in [0.25, 0.3) is 0 Å². The van der Waals surface area contributed by atoms with Gasteiger partial charge in [0.1, 0.15) is 18.7 Å². The minimum atomic E-state index is -0.339. The van der Waals surface area contributed by atoms with Gasteiger partial charge >= 0.3 is 5.69 Å². The predicted molar refractivity (Wildman–Crippen MR) is 66.3 cm³/mol. The van der Waals surface area contributed by atoms with E-state index in [1.807, 2.05) is 0 Å². The highest BCUT2D eigenvalue weighted by Gasteiger charge is 2.11. The fourth-order valence-electron chi connectivity index (χ4n) is 1.68. The Kier molecular flexibility index (Phi) is 2.90. The lowest BCUT2D eigenvalue weighted by Gasteiger charge is -1.95. The molecule has 1 aromatic carbocycles. The number of benzene rings is 1. The van der Waals surface area contributed by atoms with Crippen molar-refractivity contribution in [1.29, 1.82) is 0 Å². The Balaban J connectivity index is 1.85. The standard InChI is InChI=1S/C12H10FN5O2/c1-17-7-14-18(12(17)19)6-10-15-16-11(20-10)8-2-4-9(13)5-3-8/h2-5,7H,6H2,1H3. The second kappa shape index (κ2) is 4.72. The van der Waals surface area contributed by atoms with Gasteiger partial charge in [-0.25, -0.2) is 13.9 Å². The summed E-state index contributed by atoms with van der Waals surface area (Å²) in [5.41, 5.74) is 0.338. The zero-order valence-corrected chi connectivity index (χ0v) is 10.5. The third-order valence-corrected chi connectivity index (χ3v) is 2.73. The lowest BCUT2D eigenvalue weighted by molar-refractivity contribution is 0.467. The molecule has 0 amide bonds. The van der Waals surface area contributed by atoms with Crippen molar-refractivity contribution in [2.24, 2.45) is 7.05 Å². The first-order valence-electron chi connectivity index (χ1n) is 5.80. The number of rotatable bonds is 3. The highest BCUT2D eigenvalue weighted by Crippen LogP contribution is 2.18. The van der Waals surface area contributed by atoms with Crippen molar-refractivity contribution in [3.05, 3.63) is 52.8 Å². The van der Waals surface area contributed by atoms with E-state index < -0.39 is 0 Å². The Morgan fingerprint density at radius 2 is 2.00 bits per heavy atom. The Bertz CT molecular complexity index is 787. The zero-order valence-electron chi connectivity index (χ0n) is 10.5. The molecule has 7 nitrogen and oxygen atoms in total. The van der Waals surface area contributed by atoms with Gasteiger partial charge in [-0.3, -0.25) is 4.57 Å². The molecule has 0 N–H and O–H groups in total. The lowest BCUT2D eigenvalue weighted by Crippen LogP contribution is -2.23. The van der Waals surface area contributed by atoms with Crippen LogP contribution in [-0.2, 0) is 13.6 Å². The first kappa shape index (κ1) is 12.3. The summed E-state index contributed by atoms with van der Waals surface area (Å²) in [6.07, 6.45) is 1.40. The predicted octanol–water partition coefficient (Wildman–Crippen LogP) is 0.819. The van der Waals surface area contributed by atoms with Crippen LogP contribution >= 0.6 is 0 Å². The quantitative estimate of drug-likeness (QED) is 0.707. The van der Waals surface area contributed by atoms with E-state index in [9.17, 15) is 9.18 Å². The number of aryl methyl sites for hydroxylation is 1. The zero-order chi connectivity index (χ0) is 14.1. The molecular weight excluding hydrogens is 265 g/mol. The summed E-state index contributed by atoms with van der Waals surface area (Å²) in [4.78, 5) is 11.6. The van der Waals surface area contributed by atoms with Gasteiger partial charge in [-0.15, -0.1) is 10.2 Å². The Morgan fingerprint density at radius 3 is 2.65 bits per heavy atom. The summed E-state index contributed by atoms with van der Waals surface area (Å²) in [6.45, 7) is 0.0911. The molecule has 3 rings (SSSR count). The first-order chi connectivity index (χ1) is 9.63. The van der Waals surface area contributed by atoms with E-state index in [0.29, 0.717) is 5.56 Å². The molecule has 0 aliphatic rings. The molecule has 0 unspecified atom stereocenters. The summed E-state index contributed by atoms with van der Waals surface area (Å²) in [5, 5.41) is 11.6. The third-order valence-electron chi connectivity index (χ3n) is 2.73. The fourth-order valence-corrected chi connectivity index (χ4v) is 1.68. The van der Waals surface area contributed by atoms with Crippen LogP contribution in [0.15, 0.2) is 39.8 Å². The fraction of sp³-hybridized carbons (Fsp3) is 0.167. The smallest absolute Gasteiger partial charge is 0.345 e. The minimum absolute atomic E-state index is 0.0911. The number of hydrogen-bond donors (Lipinski definition) is 0. The second-order valence-electron chi connectivity index (χ2n) is 4.19. The van der Waals surface area contributed by atoms with E-state index >= 15 is 0 Å². The van der Waals surface area contributed by atoms with Crippen LogP contribution in [0.1, 0.15) is 5.89 Å². The molecule has 0 radical (unpaired) electrons. The van der Waals surface area contributed by atoms with E-state index in [-0.39, 0.29) is 29.8 Å². The van der Waals surface area contributed by atoms with Crippen molar-refractivity contribution in [2.45, 2.75) is 6.54 Å². The van der Waals surface area contributed by atoms with Crippen molar-refractivity contribution in [2.75, 3.05) is 0 Å². The van der Waals surface area contributed by atoms with E-state index in [2.05, 4.69) is 15.3 Å². The van der Waals surface area contributed by atoms with E-state index in [1.165, 1.54) is 27.7 Å². The normalized spacial score (nSPS) is 10.9. The molecule has 8 heteroatoms. The third kappa shape index (κ3) is 2.22. The maximum atomic E-state index is 12.8. The van der Waals surface area contributed by atoms with Gasteiger partial charge in [-0.2, -0.15) is 5.10 Å². The number of aromatic nitrogens is 5. The Morgan fingerprint density at radius 1 is 1.25 bits per heavy atom. The van der Waals surface area contributed by atoms with E-state index in [0.717, 1.165) is 0 Å². The largest absolute Gasteiger partial charge is 0.419 e. The second-order valence-corrected chi connectivity index (χ2v) is 4.19. The van der Waals surface area contributed by atoms with Crippen molar-refractivity contribution in [3.8, 4) is 11.5 Å². The number of halogens is 1. The molecule has 2 heterocycles. The highest BCUT2D eigenvalue weighted by atomic mass is 19.1. The summed E-state index contributed by atoms with van der Waals surface area (Å²) in [7, 11) is 1.60. The minimum Gasteiger partial charge on any atom is -0.419 e. The molecule has 0 aliphatic heterocycles. The molecule has 0 aliphatic carbocycles. The van der Waals surface area contributed by atoms with Crippen molar-refractivity contribution < 1.29 is 8.81 Å². The van der Waals surface area contributed by atoms with Crippen LogP contribution in [0.4, 0.5) is 4.39 Å². The Labute approximate surface area is 112 Å². The average Bonchev–Trinajstić information content (AvgIpc) is 3.02. The van der Waals surface area contributed by atoms with Gasteiger partial charge in [0.15, 0.2) is 0 Å². The Hall–Kier alpha value is -2.77. The molecular formula is C12H10FN5O2. The molecule has 0 fully saturated rings. The van der Waals surface area contributed by atoms with Gasteiger partial charge in [0, 0.05) is 12.6 Å². The molecule has 0 saturated carbocycles. The van der Waals surface area contributed by atoms with E-state index in [1.54, 1.807) is 19.2 Å². The molecule has 0 saturated heterocycles. The molecule has 0 spiro atoms. The maximum absolute atomic E-state index is 12.8. The lowest BCUT2D eigenvalue weighted by atomic mass is 10.2. The van der Waals surface area contributed by atoms with Crippen LogP contribution in [0, 0.1) is 5.82 Å². The molecule has 20 heavy (non-hydrogen) atoms. The maximum Gasteiger partial charge on any atom is 0.345 e. The van der Waals surface area contributed by atoms with Crippen LogP contribution in [0.25, 0.3) is 11.5 Å².